The summed E-state index contributed by atoms with van der Waals surface area (Å²) in [4.78, 5) is 10.6. The SMILES string of the molecule is Cc1[nH]nc2cc(C(=O)O)ccc12.Cl. The summed E-state index contributed by atoms with van der Waals surface area (Å²) in [5.74, 6) is -0.928. The molecule has 4 nitrogen and oxygen atoms in total. The Kier molecular flexibility index (Phi) is 2.76. The topological polar surface area (TPSA) is 66.0 Å². The number of aromatic nitrogens is 2. The first-order valence-electron chi connectivity index (χ1n) is 3.86. The number of halogens is 1. The van der Waals surface area contributed by atoms with Gasteiger partial charge in [0.25, 0.3) is 0 Å². The zero-order chi connectivity index (χ0) is 9.42. The summed E-state index contributed by atoms with van der Waals surface area (Å²) < 4.78 is 0. The van der Waals surface area contributed by atoms with Crippen molar-refractivity contribution in [1.29, 1.82) is 0 Å². The normalized spacial score (nSPS) is 9.79. The minimum atomic E-state index is -0.928. The van der Waals surface area contributed by atoms with Crippen LogP contribution in [0.1, 0.15) is 16.1 Å². The van der Waals surface area contributed by atoms with E-state index in [0.717, 1.165) is 11.1 Å². The number of aromatic carboxylic acids is 1. The molecule has 14 heavy (non-hydrogen) atoms. The lowest BCUT2D eigenvalue weighted by Gasteiger charge is -1.93. The van der Waals surface area contributed by atoms with Crippen molar-refractivity contribution in [2.75, 3.05) is 0 Å². The van der Waals surface area contributed by atoms with Gasteiger partial charge in [-0.2, -0.15) is 5.10 Å². The van der Waals surface area contributed by atoms with Crippen molar-refractivity contribution in [3.8, 4) is 0 Å². The molecule has 0 unspecified atom stereocenters. The molecule has 2 aromatic rings. The number of carboxylic acids is 1. The number of nitrogens with zero attached hydrogens (tertiary/aromatic N) is 1. The van der Waals surface area contributed by atoms with Gasteiger partial charge in [0.15, 0.2) is 0 Å². The second-order valence-electron chi connectivity index (χ2n) is 2.89. The molecule has 1 aromatic heterocycles. The van der Waals surface area contributed by atoms with Gasteiger partial charge in [-0.15, -0.1) is 12.4 Å². The predicted octanol–water partition coefficient (Wildman–Crippen LogP) is 1.99. The Bertz CT molecular complexity index is 479. The van der Waals surface area contributed by atoms with E-state index in [1.807, 2.05) is 6.92 Å². The van der Waals surface area contributed by atoms with Crippen molar-refractivity contribution in [2.45, 2.75) is 6.92 Å². The smallest absolute Gasteiger partial charge is 0.335 e. The number of aromatic amines is 1. The van der Waals surface area contributed by atoms with Gasteiger partial charge in [-0.05, 0) is 19.1 Å². The molecule has 5 heteroatoms. The van der Waals surface area contributed by atoms with E-state index in [9.17, 15) is 4.79 Å². The molecule has 0 spiro atoms. The molecule has 1 heterocycles. The molecule has 0 aliphatic carbocycles. The summed E-state index contributed by atoms with van der Waals surface area (Å²) in [6.45, 7) is 1.90. The van der Waals surface area contributed by atoms with Gasteiger partial charge in [-0.25, -0.2) is 4.79 Å². The fourth-order valence-corrected chi connectivity index (χ4v) is 1.28. The summed E-state index contributed by atoms with van der Waals surface area (Å²) >= 11 is 0. The monoisotopic (exact) mass is 212 g/mol. The van der Waals surface area contributed by atoms with Gasteiger partial charge in [0.1, 0.15) is 0 Å². The van der Waals surface area contributed by atoms with Crippen LogP contribution in [0.5, 0.6) is 0 Å². The Balaban J connectivity index is 0.000000980. The molecule has 0 radical (unpaired) electrons. The molecule has 0 fully saturated rings. The lowest BCUT2D eigenvalue weighted by molar-refractivity contribution is 0.0697. The molecular formula is C9H9ClN2O2. The highest BCUT2D eigenvalue weighted by atomic mass is 35.5. The fourth-order valence-electron chi connectivity index (χ4n) is 1.28. The van der Waals surface area contributed by atoms with Crippen molar-refractivity contribution in [1.82, 2.24) is 10.2 Å². The molecule has 74 valence electrons. The van der Waals surface area contributed by atoms with Gasteiger partial charge in [0, 0.05) is 11.1 Å². The maximum absolute atomic E-state index is 10.6. The molecule has 2 N–H and O–H groups in total. The maximum atomic E-state index is 10.6. The number of fused-ring (bicyclic) bond motifs is 1. The van der Waals surface area contributed by atoms with E-state index in [-0.39, 0.29) is 18.0 Å². The van der Waals surface area contributed by atoms with Crippen molar-refractivity contribution in [3.63, 3.8) is 0 Å². The number of hydrogen-bond donors (Lipinski definition) is 2. The number of rotatable bonds is 1. The van der Waals surface area contributed by atoms with Crippen LogP contribution in [0.25, 0.3) is 10.9 Å². The minimum Gasteiger partial charge on any atom is -0.478 e. The van der Waals surface area contributed by atoms with Crippen LogP contribution in [0.15, 0.2) is 18.2 Å². The van der Waals surface area contributed by atoms with Gasteiger partial charge >= 0.3 is 5.97 Å². The number of nitrogens with one attached hydrogen (secondary N) is 1. The highest BCUT2D eigenvalue weighted by Gasteiger charge is 2.06. The molecule has 1 aromatic carbocycles. The Hall–Kier alpha value is -1.55. The summed E-state index contributed by atoms with van der Waals surface area (Å²) in [6, 6.07) is 4.89. The lowest BCUT2D eigenvalue weighted by atomic mass is 10.1. The van der Waals surface area contributed by atoms with E-state index >= 15 is 0 Å². The standard InChI is InChI=1S/C9H8N2O2.ClH/c1-5-7-3-2-6(9(12)13)4-8(7)11-10-5;/h2-4H,1H3,(H,10,11)(H,12,13);1H. The average molecular weight is 213 g/mol. The quantitative estimate of drug-likeness (QED) is 0.760. The van der Waals surface area contributed by atoms with Crippen molar-refractivity contribution in [2.24, 2.45) is 0 Å². The van der Waals surface area contributed by atoms with Crippen LogP contribution >= 0.6 is 12.4 Å². The molecule has 0 saturated heterocycles. The first kappa shape index (κ1) is 10.5. The van der Waals surface area contributed by atoms with Crippen LogP contribution in [-0.4, -0.2) is 21.3 Å². The highest BCUT2D eigenvalue weighted by molar-refractivity contribution is 5.93. The second-order valence-corrected chi connectivity index (χ2v) is 2.89. The van der Waals surface area contributed by atoms with Crippen LogP contribution in [-0.2, 0) is 0 Å². The summed E-state index contributed by atoms with van der Waals surface area (Å²) in [6.07, 6.45) is 0. The number of carbonyl (C=O) groups is 1. The van der Waals surface area contributed by atoms with Gasteiger partial charge in [0.05, 0.1) is 11.1 Å². The van der Waals surface area contributed by atoms with E-state index in [1.54, 1.807) is 18.2 Å². The van der Waals surface area contributed by atoms with Crippen LogP contribution in [0.4, 0.5) is 0 Å². The van der Waals surface area contributed by atoms with Crippen LogP contribution in [0, 0.1) is 6.92 Å². The zero-order valence-corrected chi connectivity index (χ0v) is 8.26. The van der Waals surface area contributed by atoms with Crippen LogP contribution in [0.3, 0.4) is 0 Å². The second kappa shape index (κ2) is 3.67. The third-order valence-electron chi connectivity index (χ3n) is 1.99. The van der Waals surface area contributed by atoms with Gasteiger partial charge in [0.2, 0.25) is 0 Å². The van der Waals surface area contributed by atoms with Gasteiger partial charge in [-0.3, -0.25) is 5.10 Å². The predicted molar refractivity (Wildman–Crippen MR) is 55.0 cm³/mol. The van der Waals surface area contributed by atoms with Crippen LogP contribution < -0.4 is 0 Å². The molecule has 2 rings (SSSR count). The van der Waals surface area contributed by atoms with E-state index in [2.05, 4.69) is 10.2 Å². The number of H-pyrrole nitrogens is 1. The van der Waals surface area contributed by atoms with Crippen molar-refractivity contribution < 1.29 is 9.90 Å². The van der Waals surface area contributed by atoms with E-state index in [1.165, 1.54) is 0 Å². The van der Waals surface area contributed by atoms with Crippen molar-refractivity contribution >= 4 is 29.3 Å². The highest BCUT2D eigenvalue weighted by Crippen LogP contribution is 2.16. The molecular weight excluding hydrogens is 204 g/mol. The summed E-state index contributed by atoms with van der Waals surface area (Å²) in [5.41, 5.74) is 1.91. The Labute approximate surface area is 86.3 Å². The van der Waals surface area contributed by atoms with E-state index < -0.39 is 5.97 Å². The molecule has 0 aliphatic heterocycles. The number of carboxylic acid groups (broad SMARTS) is 1. The molecule has 0 saturated carbocycles. The summed E-state index contributed by atoms with van der Waals surface area (Å²) in [7, 11) is 0. The van der Waals surface area contributed by atoms with E-state index in [0.29, 0.717) is 5.52 Å². The first-order valence-corrected chi connectivity index (χ1v) is 3.86. The molecule has 0 aliphatic rings. The third-order valence-corrected chi connectivity index (χ3v) is 1.99. The fraction of sp³-hybridized carbons (Fsp3) is 0.111. The Morgan fingerprint density at radius 2 is 2.21 bits per heavy atom. The van der Waals surface area contributed by atoms with Crippen LogP contribution in [0.2, 0.25) is 0 Å². The Morgan fingerprint density at radius 3 is 2.86 bits per heavy atom. The van der Waals surface area contributed by atoms with Gasteiger partial charge in [-0.1, -0.05) is 6.07 Å². The van der Waals surface area contributed by atoms with Gasteiger partial charge < -0.3 is 5.11 Å². The number of aryl methyl sites for hydroxylation is 1. The molecule has 0 amide bonds. The zero-order valence-electron chi connectivity index (χ0n) is 7.44. The molecule has 0 bridgehead atoms. The summed E-state index contributed by atoms with van der Waals surface area (Å²) in [5, 5.41) is 16.4. The third kappa shape index (κ3) is 1.56. The Morgan fingerprint density at radius 1 is 1.50 bits per heavy atom. The molecule has 0 atom stereocenters. The first-order chi connectivity index (χ1) is 6.18. The largest absolute Gasteiger partial charge is 0.478 e. The number of hydrogen-bond acceptors (Lipinski definition) is 2. The number of benzene rings is 1. The average Bonchev–Trinajstić information content (AvgIpc) is 2.47. The van der Waals surface area contributed by atoms with E-state index in [4.69, 9.17) is 5.11 Å². The maximum Gasteiger partial charge on any atom is 0.335 e. The lowest BCUT2D eigenvalue weighted by Crippen LogP contribution is -1.94. The van der Waals surface area contributed by atoms with Crippen molar-refractivity contribution in [3.05, 3.63) is 29.5 Å². The minimum absolute atomic E-state index is 0.